The average molecular weight is 287 g/mol. The van der Waals surface area contributed by atoms with Gasteiger partial charge in [-0.25, -0.2) is 0 Å². The lowest BCUT2D eigenvalue weighted by Gasteiger charge is -2.18. The van der Waals surface area contributed by atoms with Gasteiger partial charge < -0.3 is 9.63 Å². The monoisotopic (exact) mass is 287 g/mol. The Morgan fingerprint density at radius 1 is 1.48 bits per heavy atom. The molecular weight excluding hydrogens is 270 g/mol. The minimum absolute atomic E-state index is 0.409. The fraction of sp³-hybridized carbons (Fsp3) is 0.400. The van der Waals surface area contributed by atoms with Crippen molar-refractivity contribution in [1.29, 1.82) is 0 Å². The molecule has 1 N–H and O–H groups in total. The Bertz CT molecular complexity index is 653. The summed E-state index contributed by atoms with van der Waals surface area (Å²) in [6, 6.07) is 7.36. The number of aromatic nitrogens is 2. The lowest BCUT2D eigenvalue weighted by Crippen LogP contribution is -2.35. The summed E-state index contributed by atoms with van der Waals surface area (Å²) in [4.78, 5) is 17.4. The van der Waals surface area contributed by atoms with Crippen LogP contribution in [0.25, 0.3) is 11.5 Å². The van der Waals surface area contributed by atoms with Gasteiger partial charge in [-0.3, -0.25) is 9.69 Å². The van der Waals surface area contributed by atoms with E-state index in [1.807, 2.05) is 36.1 Å². The number of aliphatic carboxylic acids is 1. The minimum atomic E-state index is -0.782. The van der Waals surface area contributed by atoms with Gasteiger partial charge in [-0.15, -0.1) is 0 Å². The molecule has 1 aromatic heterocycles. The first-order valence-corrected chi connectivity index (χ1v) is 7.00. The Hall–Kier alpha value is -2.21. The SMILES string of the molecule is Cc1ccccc1-c1nc(CN2CCC[C@@H]2C(=O)O)no1. The van der Waals surface area contributed by atoms with Crippen LogP contribution in [0, 0.1) is 6.92 Å². The van der Waals surface area contributed by atoms with E-state index in [2.05, 4.69) is 10.1 Å². The van der Waals surface area contributed by atoms with Crippen LogP contribution in [0.5, 0.6) is 0 Å². The molecule has 6 heteroatoms. The Kier molecular flexibility index (Phi) is 3.70. The molecule has 1 fully saturated rings. The Labute approximate surface area is 122 Å². The first-order valence-electron chi connectivity index (χ1n) is 7.00. The summed E-state index contributed by atoms with van der Waals surface area (Å²) in [5, 5.41) is 13.1. The third kappa shape index (κ3) is 2.80. The molecule has 3 rings (SSSR count). The van der Waals surface area contributed by atoms with Crippen LogP contribution in [0.4, 0.5) is 0 Å². The summed E-state index contributed by atoms with van der Waals surface area (Å²) in [5.41, 5.74) is 1.98. The zero-order chi connectivity index (χ0) is 14.8. The van der Waals surface area contributed by atoms with Crippen LogP contribution in [0.3, 0.4) is 0 Å². The maximum absolute atomic E-state index is 11.2. The van der Waals surface area contributed by atoms with E-state index >= 15 is 0 Å². The normalized spacial score (nSPS) is 19.0. The second-order valence-corrected chi connectivity index (χ2v) is 5.30. The lowest BCUT2D eigenvalue weighted by molar-refractivity contribution is -0.142. The van der Waals surface area contributed by atoms with Crippen molar-refractivity contribution < 1.29 is 14.4 Å². The Morgan fingerprint density at radius 2 is 2.29 bits per heavy atom. The standard InChI is InChI=1S/C15H17N3O3/c1-10-5-2-3-6-11(10)14-16-13(17-21-14)9-18-8-4-7-12(18)15(19)20/h2-3,5-6,12H,4,7-9H2,1H3,(H,19,20)/t12-/m1/s1. The van der Waals surface area contributed by atoms with Gasteiger partial charge in [-0.2, -0.15) is 4.98 Å². The molecule has 110 valence electrons. The number of hydrogen-bond acceptors (Lipinski definition) is 5. The second kappa shape index (κ2) is 5.65. The van der Waals surface area contributed by atoms with E-state index in [0.717, 1.165) is 24.1 Å². The molecule has 0 aliphatic carbocycles. The number of rotatable bonds is 4. The average Bonchev–Trinajstić information content (AvgIpc) is 3.09. The Balaban J connectivity index is 1.77. The van der Waals surface area contributed by atoms with Crippen LogP contribution < -0.4 is 0 Å². The first kappa shape index (κ1) is 13.8. The third-order valence-electron chi connectivity index (χ3n) is 3.84. The van der Waals surface area contributed by atoms with E-state index in [4.69, 9.17) is 4.52 Å². The number of aryl methyl sites for hydroxylation is 1. The minimum Gasteiger partial charge on any atom is -0.480 e. The van der Waals surface area contributed by atoms with Gasteiger partial charge in [-0.05, 0) is 37.9 Å². The molecule has 1 aliphatic heterocycles. The summed E-state index contributed by atoms with van der Waals surface area (Å²) < 4.78 is 5.30. The van der Waals surface area contributed by atoms with Crippen molar-refractivity contribution in [3.05, 3.63) is 35.7 Å². The highest BCUT2D eigenvalue weighted by Gasteiger charge is 2.31. The quantitative estimate of drug-likeness (QED) is 0.927. The molecular formula is C15H17N3O3. The van der Waals surface area contributed by atoms with Crippen LogP contribution in [0.15, 0.2) is 28.8 Å². The van der Waals surface area contributed by atoms with Crippen LogP contribution in [0.1, 0.15) is 24.2 Å². The highest BCUT2D eigenvalue weighted by Crippen LogP contribution is 2.23. The van der Waals surface area contributed by atoms with E-state index in [0.29, 0.717) is 24.7 Å². The molecule has 0 amide bonds. The molecule has 0 saturated carbocycles. The first-order chi connectivity index (χ1) is 10.1. The molecule has 1 saturated heterocycles. The second-order valence-electron chi connectivity index (χ2n) is 5.30. The van der Waals surface area contributed by atoms with Crippen molar-refractivity contribution >= 4 is 5.97 Å². The molecule has 21 heavy (non-hydrogen) atoms. The fourth-order valence-electron chi connectivity index (χ4n) is 2.72. The number of carboxylic acids is 1. The van der Waals surface area contributed by atoms with E-state index in [1.54, 1.807) is 0 Å². The van der Waals surface area contributed by atoms with Gasteiger partial charge in [0.2, 0.25) is 0 Å². The number of carbonyl (C=O) groups is 1. The smallest absolute Gasteiger partial charge is 0.320 e. The molecule has 1 aliphatic rings. The maximum Gasteiger partial charge on any atom is 0.320 e. The zero-order valence-corrected chi connectivity index (χ0v) is 11.8. The van der Waals surface area contributed by atoms with Crippen LogP contribution in [-0.2, 0) is 11.3 Å². The molecule has 2 aromatic rings. The van der Waals surface area contributed by atoms with Gasteiger partial charge in [-0.1, -0.05) is 23.4 Å². The summed E-state index contributed by atoms with van der Waals surface area (Å²) in [7, 11) is 0. The van der Waals surface area contributed by atoms with Crippen LogP contribution >= 0.6 is 0 Å². The van der Waals surface area contributed by atoms with E-state index in [-0.39, 0.29) is 0 Å². The number of benzene rings is 1. The molecule has 0 bridgehead atoms. The van der Waals surface area contributed by atoms with Crippen molar-refractivity contribution in [2.45, 2.75) is 32.4 Å². The summed E-state index contributed by atoms with van der Waals surface area (Å²) in [6.07, 6.45) is 1.57. The molecule has 6 nitrogen and oxygen atoms in total. The maximum atomic E-state index is 11.2. The zero-order valence-electron chi connectivity index (χ0n) is 11.8. The van der Waals surface area contributed by atoms with Crippen LogP contribution in [-0.4, -0.2) is 38.7 Å². The highest BCUT2D eigenvalue weighted by atomic mass is 16.5. The molecule has 0 radical (unpaired) electrons. The van der Waals surface area contributed by atoms with Gasteiger partial charge in [0.1, 0.15) is 6.04 Å². The molecule has 0 spiro atoms. The van der Waals surface area contributed by atoms with Gasteiger partial charge in [0.25, 0.3) is 5.89 Å². The van der Waals surface area contributed by atoms with Crippen molar-refractivity contribution in [2.75, 3.05) is 6.54 Å². The van der Waals surface area contributed by atoms with Gasteiger partial charge in [0.15, 0.2) is 5.82 Å². The summed E-state index contributed by atoms with van der Waals surface area (Å²) in [5.74, 6) is 0.227. The molecule has 2 heterocycles. The fourth-order valence-corrected chi connectivity index (χ4v) is 2.72. The predicted octanol–water partition coefficient (Wildman–Crippen LogP) is 2.09. The van der Waals surface area contributed by atoms with E-state index < -0.39 is 12.0 Å². The number of likely N-dealkylation sites (tertiary alicyclic amines) is 1. The number of hydrogen-bond donors (Lipinski definition) is 1. The predicted molar refractivity (Wildman–Crippen MR) is 75.5 cm³/mol. The van der Waals surface area contributed by atoms with E-state index in [1.165, 1.54) is 0 Å². The van der Waals surface area contributed by atoms with E-state index in [9.17, 15) is 9.90 Å². The highest BCUT2D eigenvalue weighted by molar-refractivity contribution is 5.73. The number of carboxylic acid groups (broad SMARTS) is 1. The van der Waals surface area contributed by atoms with Gasteiger partial charge >= 0.3 is 5.97 Å². The Morgan fingerprint density at radius 3 is 3.05 bits per heavy atom. The van der Waals surface area contributed by atoms with Crippen molar-refractivity contribution in [1.82, 2.24) is 15.0 Å². The molecule has 0 unspecified atom stereocenters. The molecule has 1 atom stereocenters. The van der Waals surface area contributed by atoms with Gasteiger partial charge in [0.05, 0.1) is 6.54 Å². The van der Waals surface area contributed by atoms with Crippen molar-refractivity contribution in [3.8, 4) is 11.5 Å². The third-order valence-corrected chi connectivity index (χ3v) is 3.84. The van der Waals surface area contributed by atoms with Crippen molar-refractivity contribution in [2.24, 2.45) is 0 Å². The lowest BCUT2D eigenvalue weighted by atomic mass is 10.1. The molecule has 1 aromatic carbocycles. The largest absolute Gasteiger partial charge is 0.480 e. The summed E-state index contributed by atoms with van der Waals surface area (Å²) >= 11 is 0. The summed E-state index contributed by atoms with van der Waals surface area (Å²) in [6.45, 7) is 3.15. The number of nitrogens with zero attached hydrogens (tertiary/aromatic N) is 3. The van der Waals surface area contributed by atoms with Crippen molar-refractivity contribution in [3.63, 3.8) is 0 Å². The van der Waals surface area contributed by atoms with Gasteiger partial charge in [0, 0.05) is 5.56 Å². The topological polar surface area (TPSA) is 79.5 Å². The van der Waals surface area contributed by atoms with Crippen LogP contribution in [0.2, 0.25) is 0 Å².